The number of benzene rings is 2. The molecule has 0 aliphatic carbocycles. The molecule has 0 spiro atoms. The van der Waals surface area contributed by atoms with Gasteiger partial charge in [-0.25, -0.2) is 0 Å². The Hall–Kier alpha value is -3.16. The largest absolute Gasteiger partial charge is 0.379 e. The van der Waals surface area contributed by atoms with Crippen LogP contribution in [-0.2, 0) is 27.3 Å². The number of morpholine rings is 1. The van der Waals surface area contributed by atoms with Crippen molar-refractivity contribution in [3.05, 3.63) is 66.4 Å². The van der Waals surface area contributed by atoms with Gasteiger partial charge in [0.15, 0.2) is 0 Å². The van der Waals surface area contributed by atoms with Crippen LogP contribution in [0.4, 0.5) is 5.69 Å². The SMILES string of the molecule is O=C(Nc1ccc2c(ccn2CCN2CCOCC2)c1)C1CC(=O)N(CCc2ccccc2)C1. The van der Waals surface area contributed by atoms with Crippen molar-refractivity contribution in [3.63, 3.8) is 0 Å². The quantitative estimate of drug-likeness (QED) is 0.561. The molecule has 1 N–H and O–H groups in total. The normalized spacial score (nSPS) is 19.1. The summed E-state index contributed by atoms with van der Waals surface area (Å²) in [5.41, 5.74) is 3.14. The zero-order valence-corrected chi connectivity index (χ0v) is 19.5. The van der Waals surface area contributed by atoms with Gasteiger partial charge in [0.05, 0.1) is 19.1 Å². The molecule has 2 saturated heterocycles. The lowest BCUT2D eigenvalue weighted by Gasteiger charge is -2.26. The maximum absolute atomic E-state index is 12.9. The minimum Gasteiger partial charge on any atom is -0.379 e. The zero-order valence-electron chi connectivity index (χ0n) is 19.5. The lowest BCUT2D eigenvalue weighted by molar-refractivity contribution is -0.128. The van der Waals surface area contributed by atoms with Crippen LogP contribution in [0.1, 0.15) is 12.0 Å². The number of ether oxygens (including phenoxy) is 1. The fourth-order valence-electron chi connectivity index (χ4n) is 4.86. The van der Waals surface area contributed by atoms with E-state index in [1.54, 1.807) is 0 Å². The second-order valence-corrected chi connectivity index (χ2v) is 9.20. The van der Waals surface area contributed by atoms with Crippen LogP contribution in [0.25, 0.3) is 10.9 Å². The summed E-state index contributed by atoms with van der Waals surface area (Å²) in [7, 11) is 0. The van der Waals surface area contributed by atoms with Crippen molar-refractivity contribution in [1.29, 1.82) is 0 Å². The fraction of sp³-hybridized carbons (Fsp3) is 0.407. The van der Waals surface area contributed by atoms with E-state index in [0.29, 0.717) is 13.1 Å². The first-order valence-electron chi connectivity index (χ1n) is 12.2. The summed E-state index contributed by atoms with van der Waals surface area (Å²) in [6.45, 7) is 6.67. The van der Waals surface area contributed by atoms with Crippen LogP contribution in [-0.4, -0.2) is 72.1 Å². The van der Waals surface area contributed by atoms with Gasteiger partial charge in [-0.05, 0) is 36.2 Å². The van der Waals surface area contributed by atoms with Crippen LogP contribution < -0.4 is 5.32 Å². The first kappa shape index (κ1) is 22.6. The van der Waals surface area contributed by atoms with E-state index in [1.165, 1.54) is 5.56 Å². The Morgan fingerprint density at radius 2 is 1.82 bits per heavy atom. The third kappa shape index (κ3) is 5.32. The van der Waals surface area contributed by atoms with Gasteiger partial charge in [-0.3, -0.25) is 14.5 Å². The van der Waals surface area contributed by atoms with Gasteiger partial charge < -0.3 is 19.5 Å². The third-order valence-electron chi connectivity index (χ3n) is 6.90. The summed E-state index contributed by atoms with van der Waals surface area (Å²) in [5, 5.41) is 4.14. The van der Waals surface area contributed by atoms with Crippen LogP contribution in [0.15, 0.2) is 60.8 Å². The number of rotatable bonds is 8. The number of hydrogen-bond acceptors (Lipinski definition) is 4. The van der Waals surface area contributed by atoms with Gasteiger partial charge in [-0.1, -0.05) is 30.3 Å². The molecule has 5 rings (SSSR count). The molecule has 178 valence electrons. The predicted octanol–water partition coefficient (Wildman–Crippen LogP) is 3.00. The number of nitrogens with zero attached hydrogens (tertiary/aromatic N) is 3. The molecule has 3 aromatic rings. The molecule has 2 amide bonds. The number of anilines is 1. The Labute approximate surface area is 200 Å². The second-order valence-electron chi connectivity index (χ2n) is 9.20. The molecule has 0 saturated carbocycles. The highest BCUT2D eigenvalue weighted by Crippen LogP contribution is 2.24. The van der Waals surface area contributed by atoms with Gasteiger partial charge >= 0.3 is 0 Å². The molecule has 2 aliphatic rings. The molecule has 1 aromatic heterocycles. The zero-order chi connectivity index (χ0) is 23.3. The standard InChI is InChI=1S/C27H32N4O3/c32-26-19-23(20-31(26)10-8-21-4-2-1-3-5-21)27(33)28-24-6-7-25-22(18-24)9-11-30(25)13-12-29-14-16-34-17-15-29/h1-7,9,11,18,23H,8,10,12-17,19-20H2,(H,28,33). The Bertz CT molecular complexity index is 1140. The molecule has 1 unspecified atom stereocenters. The Morgan fingerprint density at radius 1 is 1.00 bits per heavy atom. The van der Waals surface area contributed by atoms with E-state index in [9.17, 15) is 9.59 Å². The number of fused-ring (bicyclic) bond motifs is 1. The molecule has 34 heavy (non-hydrogen) atoms. The summed E-state index contributed by atoms with van der Waals surface area (Å²) in [6.07, 6.45) is 3.19. The molecule has 3 heterocycles. The second kappa shape index (κ2) is 10.4. The molecule has 0 radical (unpaired) electrons. The van der Waals surface area contributed by atoms with Crippen LogP contribution in [0, 0.1) is 5.92 Å². The highest BCUT2D eigenvalue weighted by Gasteiger charge is 2.34. The van der Waals surface area contributed by atoms with Crippen LogP contribution in [0.5, 0.6) is 0 Å². The van der Waals surface area contributed by atoms with Crippen molar-refractivity contribution in [2.75, 3.05) is 51.3 Å². The Morgan fingerprint density at radius 3 is 2.65 bits per heavy atom. The first-order chi connectivity index (χ1) is 16.7. The van der Waals surface area contributed by atoms with Crippen LogP contribution >= 0.6 is 0 Å². The molecular formula is C27H32N4O3. The molecule has 0 bridgehead atoms. The molecule has 2 aliphatic heterocycles. The van der Waals surface area contributed by atoms with Crippen molar-refractivity contribution in [1.82, 2.24) is 14.4 Å². The van der Waals surface area contributed by atoms with E-state index < -0.39 is 0 Å². The minimum absolute atomic E-state index is 0.0591. The molecular weight excluding hydrogens is 428 g/mol. The average molecular weight is 461 g/mol. The van der Waals surface area contributed by atoms with Gasteiger partial charge in [0.25, 0.3) is 0 Å². The molecule has 2 aromatic carbocycles. The van der Waals surface area contributed by atoms with Gasteiger partial charge in [0.2, 0.25) is 11.8 Å². The van der Waals surface area contributed by atoms with E-state index in [0.717, 1.165) is 62.4 Å². The third-order valence-corrected chi connectivity index (χ3v) is 6.90. The average Bonchev–Trinajstić information content (AvgIpc) is 3.45. The van der Waals surface area contributed by atoms with E-state index in [-0.39, 0.29) is 24.2 Å². The van der Waals surface area contributed by atoms with Crippen LogP contribution in [0.3, 0.4) is 0 Å². The topological polar surface area (TPSA) is 66.8 Å². The minimum atomic E-state index is -0.308. The van der Waals surface area contributed by atoms with E-state index in [2.05, 4.69) is 45.2 Å². The maximum atomic E-state index is 12.9. The van der Waals surface area contributed by atoms with Gasteiger partial charge in [-0.2, -0.15) is 0 Å². The van der Waals surface area contributed by atoms with E-state index >= 15 is 0 Å². The number of hydrogen-bond donors (Lipinski definition) is 1. The number of carbonyl (C=O) groups excluding carboxylic acids is 2. The van der Waals surface area contributed by atoms with E-state index in [1.807, 2.05) is 35.2 Å². The van der Waals surface area contributed by atoms with Crippen molar-refractivity contribution >= 4 is 28.4 Å². The summed E-state index contributed by atoms with van der Waals surface area (Å²) in [4.78, 5) is 29.6. The number of amides is 2. The lowest BCUT2D eigenvalue weighted by atomic mass is 10.1. The highest BCUT2D eigenvalue weighted by molar-refractivity contribution is 5.98. The molecule has 7 heteroatoms. The summed E-state index contributed by atoms with van der Waals surface area (Å²) < 4.78 is 7.69. The van der Waals surface area contributed by atoms with Gasteiger partial charge in [0.1, 0.15) is 0 Å². The molecule has 1 atom stereocenters. The van der Waals surface area contributed by atoms with Crippen molar-refractivity contribution in [2.24, 2.45) is 5.92 Å². The highest BCUT2D eigenvalue weighted by atomic mass is 16.5. The number of nitrogens with one attached hydrogen (secondary N) is 1. The monoisotopic (exact) mass is 460 g/mol. The van der Waals surface area contributed by atoms with Crippen molar-refractivity contribution in [2.45, 2.75) is 19.4 Å². The van der Waals surface area contributed by atoms with Crippen molar-refractivity contribution < 1.29 is 14.3 Å². The first-order valence-corrected chi connectivity index (χ1v) is 12.2. The number of carbonyl (C=O) groups is 2. The molecule has 2 fully saturated rings. The van der Waals surface area contributed by atoms with E-state index in [4.69, 9.17) is 4.74 Å². The van der Waals surface area contributed by atoms with Crippen molar-refractivity contribution in [3.8, 4) is 0 Å². The van der Waals surface area contributed by atoms with Gasteiger partial charge in [0, 0.05) is 68.5 Å². The maximum Gasteiger partial charge on any atom is 0.229 e. The lowest BCUT2D eigenvalue weighted by Crippen LogP contribution is -2.38. The summed E-state index contributed by atoms with van der Waals surface area (Å²) >= 11 is 0. The summed E-state index contributed by atoms with van der Waals surface area (Å²) in [6, 6.07) is 18.3. The fourth-order valence-corrected chi connectivity index (χ4v) is 4.86. The number of aromatic nitrogens is 1. The smallest absolute Gasteiger partial charge is 0.229 e. The summed E-state index contributed by atoms with van der Waals surface area (Å²) in [5.74, 6) is -0.331. The Kier molecular flexibility index (Phi) is 6.92. The van der Waals surface area contributed by atoms with Gasteiger partial charge in [-0.15, -0.1) is 0 Å². The van der Waals surface area contributed by atoms with Crippen LogP contribution in [0.2, 0.25) is 0 Å². The molecule has 7 nitrogen and oxygen atoms in total. The predicted molar refractivity (Wildman–Crippen MR) is 133 cm³/mol. The number of likely N-dealkylation sites (tertiary alicyclic amines) is 1. The Balaban J connectivity index is 1.15.